The normalized spacial score (nSPS) is 10.9. The van der Waals surface area contributed by atoms with Crippen LogP contribution in [-0.4, -0.2) is 54.9 Å². The van der Waals surface area contributed by atoms with Crippen LogP contribution in [0.2, 0.25) is 0 Å². The summed E-state index contributed by atoms with van der Waals surface area (Å²) in [7, 11) is -0.382. The first-order valence-corrected chi connectivity index (χ1v) is 9.33. The average Bonchev–Trinajstić information content (AvgIpc) is 3.16. The van der Waals surface area contributed by atoms with Gasteiger partial charge >= 0.3 is 13.1 Å². The largest absolute Gasteiger partial charge is 0.490 e. The number of hydrogen-bond donors (Lipinski definition) is 4. The number of nitrogens with one attached hydrogen (secondary N) is 1. The van der Waals surface area contributed by atoms with Gasteiger partial charge in [-0.25, -0.2) is 8.96 Å². The predicted molar refractivity (Wildman–Crippen MR) is 113 cm³/mol. The second-order valence-electron chi connectivity index (χ2n) is 6.68. The molecule has 5 N–H and O–H groups in total. The number of hydrogen-bond acceptors (Lipinski definition) is 9. The molecule has 0 spiro atoms. The second kappa shape index (κ2) is 8.57. The van der Waals surface area contributed by atoms with Crippen LogP contribution in [0.3, 0.4) is 0 Å². The van der Waals surface area contributed by atoms with Gasteiger partial charge in [0.2, 0.25) is 0 Å². The number of imidazole rings is 1. The fourth-order valence-electron chi connectivity index (χ4n) is 3.17. The van der Waals surface area contributed by atoms with Crippen LogP contribution in [-0.2, 0) is 6.54 Å². The number of ether oxygens (including phenoxy) is 1. The van der Waals surface area contributed by atoms with E-state index in [0.717, 1.165) is 0 Å². The van der Waals surface area contributed by atoms with Gasteiger partial charge in [0, 0.05) is 12.0 Å². The summed E-state index contributed by atoms with van der Waals surface area (Å²) in [5.74, 6) is -1.25. The van der Waals surface area contributed by atoms with E-state index in [1.165, 1.54) is 29.9 Å². The third kappa shape index (κ3) is 3.93. The van der Waals surface area contributed by atoms with Crippen LogP contribution in [0.25, 0.3) is 17.0 Å². The first-order valence-electron chi connectivity index (χ1n) is 9.33. The molecule has 0 aliphatic heterocycles. The lowest BCUT2D eigenvalue weighted by Gasteiger charge is -2.11. The van der Waals surface area contributed by atoms with Crippen LogP contribution in [0.5, 0.6) is 6.01 Å². The average molecular weight is 437 g/mol. The van der Waals surface area contributed by atoms with Gasteiger partial charge < -0.3 is 25.8 Å². The third-order valence-corrected chi connectivity index (χ3v) is 4.60. The lowest BCUT2D eigenvalue weighted by Crippen LogP contribution is -2.30. The van der Waals surface area contributed by atoms with Crippen LogP contribution in [0.15, 0.2) is 42.5 Å². The van der Waals surface area contributed by atoms with Crippen molar-refractivity contribution < 1.29 is 24.0 Å². The molecule has 0 fully saturated rings. The van der Waals surface area contributed by atoms with Gasteiger partial charge in [-0.05, 0) is 23.8 Å². The first-order chi connectivity index (χ1) is 15.4. The minimum atomic E-state index is -1.76. The standard InChI is InChI=1S/C19H17BFN7O4/c1-32-19-24-14-12(20(30)31)6-3-7-13(14)28(19)18-25-17(15(16(22)29)26-27-18)23-9-10-4-2-5-11(21)8-10/h2-8,30-31H,9H2,1H3,(H2,22,29)(H,23,25,27). The number of carbonyl (C=O) groups is 1. The molecule has 162 valence electrons. The van der Waals surface area contributed by atoms with Gasteiger partial charge in [-0.2, -0.15) is 9.97 Å². The van der Waals surface area contributed by atoms with Crippen LogP contribution in [0, 0.1) is 5.82 Å². The Bertz CT molecular complexity index is 1310. The minimum Gasteiger partial charge on any atom is -0.468 e. The van der Waals surface area contributed by atoms with Crippen LogP contribution < -0.4 is 21.3 Å². The van der Waals surface area contributed by atoms with Gasteiger partial charge in [-0.15, -0.1) is 10.2 Å². The maximum Gasteiger partial charge on any atom is 0.490 e. The van der Waals surface area contributed by atoms with Crippen molar-refractivity contribution in [3.63, 3.8) is 0 Å². The van der Waals surface area contributed by atoms with Gasteiger partial charge in [-0.1, -0.05) is 24.3 Å². The number of halogens is 1. The highest BCUT2D eigenvalue weighted by molar-refractivity contribution is 6.61. The molecule has 13 heteroatoms. The zero-order valence-corrected chi connectivity index (χ0v) is 16.7. The van der Waals surface area contributed by atoms with E-state index in [9.17, 15) is 19.2 Å². The summed E-state index contributed by atoms with van der Waals surface area (Å²) in [5, 5.41) is 30.0. The molecule has 0 saturated heterocycles. The summed E-state index contributed by atoms with van der Waals surface area (Å²) in [6.07, 6.45) is 0. The maximum absolute atomic E-state index is 13.5. The Kier molecular flexibility index (Phi) is 5.66. The summed E-state index contributed by atoms with van der Waals surface area (Å²) < 4.78 is 20.2. The monoisotopic (exact) mass is 437 g/mol. The second-order valence-corrected chi connectivity index (χ2v) is 6.68. The molecule has 0 bridgehead atoms. The number of nitrogens with two attached hydrogens (primary N) is 1. The number of carbonyl (C=O) groups excluding carboxylic acids is 1. The highest BCUT2D eigenvalue weighted by atomic mass is 19.1. The SMILES string of the molecule is COc1nc2c(B(O)O)cccc2n1-c1nnc(C(N)=O)c(NCc2cccc(F)c2)n1. The molecular formula is C19H17BFN7O4. The van der Waals surface area contributed by atoms with Crippen LogP contribution >= 0.6 is 0 Å². The van der Waals surface area contributed by atoms with Crippen molar-refractivity contribution in [2.45, 2.75) is 6.54 Å². The number of nitrogens with zero attached hydrogens (tertiary/aromatic N) is 5. The smallest absolute Gasteiger partial charge is 0.468 e. The fraction of sp³-hybridized carbons (Fsp3) is 0.105. The van der Waals surface area contributed by atoms with Gasteiger partial charge in [0.15, 0.2) is 11.5 Å². The fourth-order valence-corrected chi connectivity index (χ4v) is 3.17. The van der Waals surface area contributed by atoms with Crippen molar-refractivity contribution >= 4 is 35.3 Å². The highest BCUT2D eigenvalue weighted by Crippen LogP contribution is 2.24. The number of amides is 1. The first kappa shape index (κ1) is 21.1. The lowest BCUT2D eigenvalue weighted by molar-refractivity contribution is 0.0995. The van der Waals surface area contributed by atoms with Gasteiger partial charge in [-0.3, -0.25) is 4.79 Å². The molecule has 0 unspecified atom stereocenters. The zero-order valence-electron chi connectivity index (χ0n) is 16.7. The Balaban J connectivity index is 1.81. The number of anilines is 1. The topological polar surface area (TPSA) is 161 Å². The van der Waals surface area contributed by atoms with Crippen LogP contribution in [0.4, 0.5) is 10.2 Å². The number of rotatable bonds is 7. The molecule has 32 heavy (non-hydrogen) atoms. The molecule has 2 heterocycles. The van der Waals surface area contributed by atoms with E-state index < -0.39 is 18.8 Å². The Morgan fingerprint density at radius 3 is 2.69 bits per heavy atom. The summed E-state index contributed by atoms with van der Waals surface area (Å²) in [6, 6.07) is 10.7. The van der Waals surface area contributed by atoms with E-state index >= 15 is 0 Å². The summed E-state index contributed by atoms with van der Waals surface area (Å²) in [5.41, 5.74) is 6.62. The highest BCUT2D eigenvalue weighted by Gasteiger charge is 2.24. The van der Waals surface area contributed by atoms with E-state index in [1.54, 1.807) is 24.3 Å². The number of fused-ring (bicyclic) bond motifs is 1. The Morgan fingerprint density at radius 1 is 1.22 bits per heavy atom. The zero-order chi connectivity index (χ0) is 22.8. The van der Waals surface area contributed by atoms with Crippen LogP contribution in [0.1, 0.15) is 16.1 Å². The molecule has 2 aromatic carbocycles. The molecule has 0 aliphatic rings. The number of primary amides is 1. The molecule has 4 aromatic rings. The van der Waals surface area contributed by atoms with E-state index in [4.69, 9.17) is 10.5 Å². The number of para-hydroxylation sites is 1. The summed E-state index contributed by atoms with van der Waals surface area (Å²) >= 11 is 0. The van der Waals surface area contributed by atoms with E-state index in [0.29, 0.717) is 11.1 Å². The van der Waals surface area contributed by atoms with E-state index in [2.05, 4.69) is 25.5 Å². The summed E-state index contributed by atoms with van der Waals surface area (Å²) in [6.45, 7) is 0.138. The van der Waals surface area contributed by atoms with Crippen molar-refractivity contribution in [1.82, 2.24) is 24.7 Å². The Hall–Kier alpha value is -4.10. The molecule has 0 atom stereocenters. The molecule has 0 radical (unpaired) electrons. The van der Waals surface area contributed by atoms with Crippen molar-refractivity contribution in [3.05, 3.63) is 59.5 Å². The number of aromatic nitrogens is 5. The van der Waals surface area contributed by atoms with Gasteiger partial charge in [0.1, 0.15) is 5.82 Å². The quantitative estimate of drug-likeness (QED) is 0.286. The third-order valence-electron chi connectivity index (χ3n) is 4.60. The Labute approximate surface area is 180 Å². The molecule has 4 rings (SSSR count). The number of methoxy groups -OCH3 is 1. The molecule has 0 aliphatic carbocycles. The van der Waals surface area contributed by atoms with Crippen molar-refractivity contribution in [1.29, 1.82) is 0 Å². The van der Waals surface area contributed by atoms with E-state index in [-0.39, 0.29) is 41.0 Å². The maximum atomic E-state index is 13.5. The predicted octanol–water partition coefficient (Wildman–Crippen LogP) is -0.251. The molecule has 1 amide bonds. The molecular weight excluding hydrogens is 420 g/mol. The van der Waals surface area contributed by atoms with Crippen molar-refractivity contribution in [2.24, 2.45) is 5.73 Å². The molecule has 11 nitrogen and oxygen atoms in total. The van der Waals surface area contributed by atoms with E-state index in [1.807, 2.05) is 0 Å². The number of benzene rings is 2. The Morgan fingerprint density at radius 2 is 2.00 bits per heavy atom. The van der Waals surface area contributed by atoms with Crippen molar-refractivity contribution in [3.8, 4) is 12.0 Å². The summed E-state index contributed by atoms with van der Waals surface area (Å²) in [4.78, 5) is 20.4. The lowest BCUT2D eigenvalue weighted by atomic mass is 9.79. The molecule has 2 aromatic heterocycles. The van der Waals surface area contributed by atoms with Gasteiger partial charge in [0.05, 0.1) is 18.1 Å². The van der Waals surface area contributed by atoms with Gasteiger partial charge in [0.25, 0.3) is 11.9 Å². The van der Waals surface area contributed by atoms with Crippen molar-refractivity contribution in [2.75, 3.05) is 12.4 Å². The minimum absolute atomic E-state index is 0.0133. The molecule has 0 saturated carbocycles.